The predicted octanol–water partition coefficient (Wildman–Crippen LogP) is 7.16. The molecule has 2 atom stereocenters. The van der Waals surface area contributed by atoms with Crippen LogP contribution in [0.1, 0.15) is 49.3 Å². The Kier molecular flexibility index (Phi) is 7.30. The molecule has 0 bridgehead atoms. The molecule has 0 spiro atoms. The summed E-state index contributed by atoms with van der Waals surface area (Å²) in [6.45, 7) is 2.64. The SMILES string of the molecule is O=C(CC1C=C(C2CCCCC2)SC1c1ccc2nc(-c3ccccc3F)ccc2c1)N1CCOCC1. The summed E-state index contributed by atoms with van der Waals surface area (Å²) in [4.78, 5) is 21.4. The number of allylic oxidation sites excluding steroid dienone is 2. The van der Waals surface area contributed by atoms with Gasteiger partial charge in [0.05, 0.1) is 24.4 Å². The van der Waals surface area contributed by atoms with Gasteiger partial charge in [-0.1, -0.05) is 49.6 Å². The summed E-state index contributed by atoms with van der Waals surface area (Å²) in [5.74, 6) is 0.787. The fraction of sp³-hybridized carbons (Fsp3) is 0.419. The maximum absolute atomic E-state index is 14.3. The number of ether oxygens (including phenoxy) is 1. The van der Waals surface area contributed by atoms with E-state index in [0.717, 1.165) is 10.9 Å². The molecule has 2 aromatic carbocycles. The van der Waals surface area contributed by atoms with E-state index in [0.29, 0.717) is 49.9 Å². The Morgan fingerprint density at radius 1 is 1.03 bits per heavy atom. The van der Waals surface area contributed by atoms with Crippen molar-refractivity contribution in [3.05, 3.63) is 77.0 Å². The molecular weight excluding hydrogens is 483 g/mol. The highest BCUT2D eigenvalue weighted by Gasteiger charge is 2.35. The summed E-state index contributed by atoms with van der Waals surface area (Å²) in [6.07, 6.45) is 9.42. The van der Waals surface area contributed by atoms with Gasteiger partial charge in [-0.25, -0.2) is 9.37 Å². The van der Waals surface area contributed by atoms with Crippen LogP contribution in [0.5, 0.6) is 0 Å². The van der Waals surface area contributed by atoms with Gasteiger partial charge in [-0.15, -0.1) is 11.8 Å². The second-order valence-electron chi connectivity index (χ2n) is 10.4. The van der Waals surface area contributed by atoms with Gasteiger partial charge in [-0.3, -0.25) is 4.79 Å². The fourth-order valence-electron chi connectivity index (χ4n) is 5.96. The third-order valence-corrected chi connectivity index (χ3v) is 9.62. The van der Waals surface area contributed by atoms with Gasteiger partial charge in [0.15, 0.2) is 0 Å². The minimum absolute atomic E-state index is 0.181. The van der Waals surface area contributed by atoms with Crippen molar-refractivity contribution in [3.8, 4) is 11.3 Å². The zero-order chi connectivity index (χ0) is 25.2. The number of hydrogen-bond acceptors (Lipinski definition) is 4. The highest BCUT2D eigenvalue weighted by molar-refractivity contribution is 8.03. The maximum atomic E-state index is 14.3. The number of pyridine rings is 1. The third-order valence-electron chi connectivity index (χ3n) is 8.00. The zero-order valence-electron chi connectivity index (χ0n) is 21.1. The van der Waals surface area contributed by atoms with Crippen LogP contribution in [-0.4, -0.2) is 42.1 Å². The van der Waals surface area contributed by atoms with Crippen LogP contribution in [0.3, 0.4) is 0 Å². The average Bonchev–Trinajstić information content (AvgIpc) is 3.37. The van der Waals surface area contributed by atoms with Gasteiger partial charge in [0, 0.05) is 41.6 Å². The largest absolute Gasteiger partial charge is 0.378 e. The summed E-state index contributed by atoms with van der Waals surface area (Å²) >= 11 is 1.97. The van der Waals surface area contributed by atoms with E-state index in [9.17, 15) is 9.18 Å². The van der Waals surface area contributed by atoms with Crippen molar-refractivity contribution >= 4 is 28.6 Å². The molecular formula is C31H33FN2O2S. The molecule has 2 aliphatic heterocycles. The summed E-state index contributed by atoms with van der Waals surface area (Å²) < 4.78 is 19.8. The van der Waals surface area contributed by atoms with Gasteiger partial charge >= 0.3 is 0 Å². The van der Waals surface area contributed by atoms with E-state index in [4.69, 9.17) is 9.72 Å². The molecule has 0 radical (unpaired) electrons. The van der Waals surface area contributed by atoms with Crippen molar-refractivity contribution in [1.29, 1.82) is 0 Å². The van der Waals surface area contributed by atoms with E-state index < -0.39 is 0 Å². The van der Waals surface area contributed by atoms with Crippen LogP contribution in [0.2, 0.25) is 0 Å². The number of rotatable bonds is 5. The van der Waals surface area contributed by atoms with Crippen LogP contribution in [0.25, 0.3) is 22.2 Å². The minimum atomic E-state index is -0.262. The summed E-state index contributed by atoms with van der Waals surface area (Å²) in [6, 6.07) is 17.1. The minimum Gasteiger partial charge on any atom is -0.378 e. The number of thioether (sulfide) groups is 1. The lowest BCUT2D eigenvalue weighted by molar-refractivity contribution is -0.135. The van der Waals surface area contributed by atoms with Crippen LogP contribution in [0.4, 0.5) is 4.39 Å². The van der Waals surface area contributed by atoms with E-state index in [1.54, 1.807) is 12.1 Å². The molecule has 0 N–H and O–H groups in total. The van der Waals surface area contributed by atoms with Crippen LogP contribution in [-0.2, 0) is 9.53 Å². The smallest absolute Gasteiger partial charge is 0.223 e. The highest BCUT2D eigenvalue weighted by Crippen LogP contribution is 2.53. The van der Waals surface area contributed by atoms with Crippen LogP contribution in [0.15, 0.2) is 65.6 Å². The predicted molar refractivity (Wildman–Crippen MR) is 148 cm³/mol. The lowest BCUT2D eigenvalue weighted by Gasteiger charge is -2.29. The second kappa shape index (κ2) is 11.0. The molecule has 1 aromatic heterocycles. The summed E-state index contributed by atoms with van der Waals surface area (Å²) in [7, 11) is 0. The first-order valence-electron chi connectivity index (χ1n) is 13.6. The molecule has 1 saturated heterocycles. The van der Waals surface area contributed by atoms with Crippen molar-refractivity contribution in [2.75, 3.05) is 26.3 Å². The molecule has 6 rings (SSSR count). The number of amides is 1. The molecule has 2 fully saturated rings. The number of hydrogen-bond donors (Lipinski definition) is 0. The molecule has 37 heavy (non-hydrogen) atoms. The Hall–Kier alpha value is -2.70. The van der Waals surface area contributed by atoms with Gasteiger partial charge in [-0.2, -0.15) is 0 Å². The van der Waals surface area contributed by atoms with Gasteiger partial charge in [0.2, 0.25) is 5.91 Å². The number of aromatic nitrogens is 1. The normalized spacial score (nSPS) is 22.8. The number of fused-ring (bicyclic) bond motifs is 1. The van der Waals surface area contributed by atoms with Crippen LogP contribution in [0, 0.1) is 17.7 Å². The van der Waals surface area contributed by atoms with E-state index >= 15 is 0 Å². The number of halogens is 1. The molecule has 1 saturated carbocycles. The average molecular weight is 517 g/mol. The summed E-state index contributed by atoms with van der Waals surface area (Å²) in [5.41, 5.74) is 3.25. The van der Waals surface area contributed by atoms with E-state index in [1.165, 1.54) is 48.6 Å². The summed E-state index contributed by atoms with van der Waals surface area (Å²) in [5, 5.41) is 1.26. The first kappa shape index (κ1) is 24.6. The molecule has 6 heteroatoms. The van der Waals surface area contributed by atoms with Gasteiger partial charge < -0.3 is 9.64 Å². The van der Waals surface area contributed by atoms with Crippen molar-refractivity contribution in [3.63, 3.8) is 0 Å². The molecule has 1 amide bonds. The molecule has 192 valence electrons. The zero-order valence-corrected chi connectivity index (χ0v) is 21.9. The van der Waals surface area contributed by atoms with Crippen molar-refractivity contribution in [2.45, 2.75) is 43.8 Å². The quantitative estimate of drug-likeness (QED) is 0.361. The van der Waals surface area contributed by atoms with Gasteiger partial charge in [-0.05, 0) is 59.6 Å². The molecule has 4 nitrogen and oxygen atoms in total. The molecule has 3 aliphatic rings. The Morgan fingerprint density at radius 3 is 2.65 bits per heavy atom. The number of morpholine rings is 1. The maximum Gasteiger partial charge on any atom is 0.223 e. The van der Waals surface area contributed by atoms with Gasteiger partial charge in [0.1, 0.15) is 5.82 Å². The standard InChI is InChI=1S/C31H33FN2O2S/c32-26-9-5-4-8-25(26)28-13-10-22-18-23(11-12-27(22)33-28)31-24(20-30(35)34-14-16-36-17-15-34)19-29(37-31)21-6-2-1-3-7-21/h4-5,8-13,18-19,21,24,31H,1-3,6-7,14-17,20H2. The highest BCUT2D eigenvalue weighted by atomic mass is 32.2. The molecule has 1 aliphatic carbocycles. The Labute approximate surface area is 222 Å². The topological polar surface area (TPSA) is 42.4 Å². The monoisotopic (exact) mass is 516 g/mol. The lowest BCUT2D eigenvalue weighted by Crippen LogP contribution is -2.41. The van der Waals surface area contributed by atoms with E-state index in [1.807, 2.05) is 34.9 Å². The number of carbonyl (C=O) groups excluding carboxylic acids is 1. The van der Waals surface area contributed by atoms with E-state index in [2.05, 4.69) is 24.3 Å². The van der Waals surface area contributed by atoms with Crippen LogP contribution >= 0.6 is 11.8 Å². The molecule has 2 unspecified atom stereocenters. The Balaban J connectivity index is 1.27. The first-order valence-corrected chi connectivity index (χ1v) is 14.4. The van der Waals surface area contributed by atoms with Crippen molar-refractivity contribution < 1.29 is 13.9 Å². The molecule has 3 heterocycles. The number of benzene rings is 2. The third kappa shape index (κ3) is 5.32. The second-order valence-corrected chi connectivity index (χ2v) is 11.6. The van der Waals surface area contributed by atoms with Crippen molar-refractivity contribution in [2.24, 2.45) is 11.8 Å². The van der Waals surface area contributed by atoms with Crippen LogP contribution < -0.4 is 0 Å². The fourth-order valence-corrected chi connectivity index (χ4v) is 7.56. The number of nitrogens with zero attached hydrogens (tertiary/aromatic N) is 2. The molecule has 3 aromatic rings. The lowest BCUT2D eigenvalue weighted by atomic mass is 9.87. The van der Waals surface area contributed by atoms with Gasteiger partial charge in [0.25, 0.3) is 0 Å². The Morgan fingerprint density at radius 2 is 1.84 bits per heavy atom. The number of carbonyl (C=O) groups is 1. The Bertz CT molecular complexity index is 1310. The van der Waals surface area contributed by atoms with Crippen molar-refractivity contribution in [1.82, 2.24) is 9.88 Å². The van der Waals surface area contributed by atoms with E-state index in [-0.39, 0.29) is 22.9 Å². The first-order chi connectivity index (χ1) is 18.2.